The van der Waals surface area contributed by atoms with Crippen LogP contribution in [0.4, 0.5) is 0 Å². The molecule has 34 heavy (non-hydrogen) atoms. The number of aliphatic hydroxyl groups excluding tert-OH is 2. The first-order chi connectivity index (χ1) is 16.0. The van der Waals surface area contributed by atoms with Gasteiger partial charge in [0.2, 0.25) is 6.29 Å². The number of aromatic hydroxyl groups is 1. The highest BCUT2D eigenvalue weighted by molar-refractivity contribution is 5.66. The highest BCUT2D eigenvalue weighted by Gasteiger charge is 2.43. The summed E-state index contributed by atoms with van der Waals surface area (Å²) < 4.78 is 16.8. The molecule has 0 saturated carbocycles. The standard InChI is InChI=1S/C27H40O7/c1-14(2)8-7-9-15(3)19-11-10-16(4)22-20(19)12-17(5)25(24(22)31)34-27-26(33-18(6)28)23(30)21(29)13-32-27/h8,12,15-16,19,21,23,26-27,29-31H,7,9-11,13H2,1-6H3/t15?,16-,19+,21+,23+,26-,27+/m0/s1. The molecule has 0 radical (unpaired) electrons. The third kappa shape index (κ3) is 5.75. The van der Waals surface area contributed by atoms with Gasteiger partial charge in [0.15, 0.2) is 17.6 Å². The van der Waals surface area contributed by atoms with Crippen molar-refractivity contribution in [2.24, 2.45) is 5.92 Å². The molecule has 1 aliphatic carbocycles. The largest absolute Gasteiger partial charge is 0.504 e. The lowest BCUT2D eigenvalue weighted by molar-refractivity contribution is -0.250. The number of esters is 1. The van der Waals surface area contributed by atoms with Gasteiger partial charge in [-0.1, -0.05) is 31.6 Å². The summed E-state index contributed by atoms with van der Waals surface area (Å²) in [5.41, 5.74) is 4.14. The first-order valence-corrected chi connectivity index (χ1v) is 12.3. The lowest BCUT2D eigenvalue weighted by atomic mass is 9.70. The number of phenolic OH excluding ortho intramolecular Hbond substituents is 1. The third-order valence-corrected chi connectivity index (χ3v) is 7.14. The van der Waals surface area contributed by atoms with Gasteiger partial charge in [-0.15, -0.1) is 0 Å². The molecule has 7 nitrogen and oxygen atoms in total. The molecule has 190 valence electrons. The number of aryl methyl sites for hydroxylation is 1. The van der Waals surface area contributed by atoms with E-state index >= 15 is 0 Å². The van der Waals surface area contributed by atoms with Gasteiger partial charge in [-0.2, -0.15) is 0 Å². The van der Waals surface area contributed by atoms with Crippen molar-refractivity contribution in [3.05, 3.63) is 34.4 Å². The van der Waals surface area contributed by atoms with Crippen LogP contribution in [-0.2, 0) is 14.3 Å². The van der Waals surface area contributed by atoms with Gasteiger partial charge < -0.3 is 29.5 Å². The van der Waals surface area contributed by atoms with Crippen molar-refractivity contribution in [1.29, 1.82) is 0 Å². The zero-order chi connectivity index (χ0) is 25.2. The van der Waals surface area contributed by atoms with Crippen LogP contribution in [0, 0.1) is 12.8 Å². The molecule has 3 N–H and O–H groups in total. The van der Waals surface area contributed by atoms with Crippen molar-refractivity contribution in [3.63, 3.8) is 0 Å². The van der Waals surface area contributed by atoms with Gasteiger partial charge in [0, 0.05) is 12.5 Å². The lowest BCUT2D eigenvalue weighted by Gasteiger charge is -2.38. The second-order valence-corrected chi connectivity index (χ2v) is 10.2. The van der Waals surface area contributed by atoms with Crippen LogP contribution in [0.25, 0.3) is 0 Å². The zero-order valence-corrected chi connectivity index (χ0v) is 21.2. The van der Waals surface area contributed by atoms with Crippen molar-refractivity contribution < 1.29 is 34.3 Å². The van der Waals surface area contributed by atoms with E-state index in [2.05, 4.69) is 39.8 Å². The van der Waals surface area contributed by atoms with E-state index in [0.29, 0.717) is 11.8 Å². The van der Waals surface area contributed by atoms with Crippen LogP contribution in [-0.4, -0.2) is 52.5 Å². The highest BCUT2D eigenvalue weighted by Crippen LogP contribution is 2.51. The average molecular weight is 477 g/mol. The average Bonchev–Trinajstić information content (AvgIpc) is 2.75. The number of carbonyl (C=O) groups is 1. The Balaban J connectivity index is 1.90. The predicted octanol–water partition coefficient (Wildman–Crippen LogP) is 4.45. The Morgan fingerprint density at radius 3 is 2.62 bits per heavy atom. The van der Waals surface area contributed by atoms with Crippen LogP contribution in [0.15, 0.2) is 17.7 Å². The Morgan fingerprint density at radius 1 is 1.26 bits per heavy atom. The zero-order valence-electron chi connectivity index (χ0n) is 21.2. The molecule has 3 rings (SSSR count). The molecule has 1 aromatic carbocycles. The Morgan fingerprint density at radius 2 is 1.97 bits per heavy atom. The summed E-state index contributed by atoms with van der Waals surface area (Å²) in [6, 6.07) is 2.09. The minimum atomic E-state index is -1.35. The minimum absolute atomic E-state index is 0.0782. The molecule has 0 amide bonds. The number of rotatable bonds is 7. The molecule has 1 unspecified atom stereocenters. The van der Waals surface area contributed by atoms with Gasteiger partial charge in [0.05, 0.1) is 6.61 Å². The highest BCUT2D eigenvalue weighted by atomic mass is 16.7. The third-order valence-electron chi connectivity index (χ3n) is 7.14. The van der Waals surface area contributed by atoms with E-state index in [1.807, 2.05) is 6.92 Å². The molecule has 0 aromatic heterocycles. The molecule has 1 aromatic rings. The fraction of sp³-hybridized carbons (Fsp3) is 0.667. The lowest BCUT2D eigenvalue weighted by Crippen LogP contribution is -2.56. The molecule has 7 heteroatoms. The van der Waals surface area contributed by atoms with E-state index < -0.39 is 30.6 Å². The Kier molecular flexibility index (Phi) is 8.66. The van der Waals surface area contributed by atoms with Crippen molar-refractivity contribution in [3.8, 4) is 11.5 Å². The minimum Gasteiger partial charge on any atom is -0.504 e. The molecule has 1 fully saturated rings. The van der Waals surface area contributed by atoms with Gasteiger partial charge in [-0.3, -0.25) is 4.79 Å². The smallest absolute Gasteiger partial charge is 0.303 e. The summed E-state index contributed by atoms with van der Waals surface area (Å²) in [5.74, 6) is 0.707. The number of benzene rings is 1. The molecular weight excluding hydrogens is 436 g/mol. The maximum Gasteiger partial charge on any atom is 0.303 e. The Hall–Kier alpha value is -2.09. The summed E-state index contributed by atoms with van der Waals surface area (Å²) in [4.78, 5) is 11.6. The van der Waals surface area contributed by atoms with E-state index in [4.69, 9.17) is 14.2 Å². The second kappa shape index (κ2) is 11.1. The van der Waals surface area contributed by atoms with E-state index in [9.17, 15) is 20.1 Å². The SMILES string of the molecule is CC(=O)O[C@@H]1[C@@H](Oc2c(C)cc3c(c2O)[C@@H](C)CC[C@@H]3C(C)CCC=C(C)C)OC[C@@H](O)[C@H]1O. The van der Waals surface area contributed by atoms with E-state index in [-0.39, 0.29) is 24.0 Å². The van der Waals surface area contributed by atoms with Crippen LogP contribution in [0.2, 0.25) is 0 Å². The Labute approximate surface area is 202 Å². The van der Waals surface area contributed by atoms with Gasteiger partial charge in [0.1, 0.15) is 12.2 Å². The molecular formula is C27H40O7. The van der Waals surface area contributed by atoms with Crippen molar-refractivity contribution in [2.75, 3.05) is 6.61 Å². The number of hydrogen-bond donors (Lipinski definition) is 3. The quantitative estimate of drug-likeness (QED) is 0.394. The number of aliphatic hydroxyl groups is 2. The summed E-state index contributed by atoms with van der Waals surface area (Å²) in [5, 5.41) is 31.6. The van der Waals surface area contributed by atoms with E-state index in [1.54, 1.807) is 0 Å². The van der Waals surface area contributed by atoms with Gasteiger partial charge in [0.25, 0.3) is 0 Å². The number of hydrogen-bond acceptors (Lipinski definition) is 7. The van der Waals surface area contributed by atoms with Crippen molar-refractivity contribution in [1.82, 2.24) is 0 Å². The van der Waals surface area contributed by atoms with Gasteiger partial charge in [-0.05, 0) is 75.3 Å². The molecule has 0 bridgehead atoms. The van der Waals surface area contributed by atoms with Crippen molar-refractivity contribution in [2.45, 2.75) is 104 Å². The second-order valence-electron chi connectivity index (χ2n) is 10.2. The number of allylic oxidation sites excluding steroid dienone is 2. The monoisotopic (exact) mass is 476 g/mol. The molecule has 1 saturated heterocycles. The fourth-order valence-corrected chi connectivity index (χ4v) is 5.25. The van der Waals surface area contributed by atoms with Crippen LogP contribution < -0.4 is 4.74 Å². The summed E-state index contributed by atoms with van der Waals surface area (Å²) in [6.45, 7) is 11.5. The Bertz CT molecular complexity index is 905. The van der Waals surface area contributed by atoms with Crippen molar-refractivity contribution >= 4 is 5.97 Å². The van der Waals surface area contributed by atoms with Gasteiger partial charge >= 0.3 is 5.97 Å². The van der Waals surface area contributed by atoms with E-state index in [0.717, 1.165) is 36.8 Å². The maximum atomic E-state index is 11.6. The molecule has 7 atom stereocenters. The van der Waals surface area contributed by atoms with Crippen LogP contribution in [0.1, 0.15) is 88.8 Å². The first kappa shape index (κ1) is 26.5. The van der Waals surface area contributed by atoms with Crippen LogP contribution in [0.5, 0.6) is 11.5 Å². The summed E-state index contributed by atoms with van der Waals surface area (Å²) in [6.07, 6.45) is 1.54. The number of fused-ring (bicyclic) bond motifs is 1. The molecule has 0 spiro atoms. The summed E-state index contributed by atoms with van der Waals surface area (Å²) >= 11 is 0. The maximum absolute atomic E-state index is 11.6. The molecule has 2 aliphatic rings. The first-order valence-electron chi connectivity index (χ1n) is 12.3. The number of ether oxygens (including phenoxy) is 3. The predicted molar refractivity (Wildman–Crippen MR) is 129 cm³/mol. The molecule has 1 aliphatic heterocycles. The normalized spacial score (nSPS) is 29.6. The molecule has 1 heterocycles. The van der Waals surface area contributed by atoms with Crippen LogP contribution in [0.3, 0.4) is 0 Å². The van der Waals surface area contributed by atoms with Gasteiger partial charge in [-0.25, -0.2) is 0 Å². The fourth-order valence-electron chi connectivity index (χ4n) is 5.25. The summed E-state index contributed by atoms with van der Waals surface area (Å²) in [7, 11) is 0. The topological polar surface area (TPSA) is 105 Å². The number of carbonyl (C=O) groups excluding carboxylic acids is 1. The van der Waals surface area contributed by atoms with E-state index in [1.165, 1.54) is 18.1 Å². The van der Waals surface area contributed by atoms with Crippen LogP contribution >= 0.6 is 0 Å². The number of phenols is 1.